The Morgan fingerprint density at radius 2 is 1.67 bits per heavy atom. The molecule has 0 N–H and O–H groups in total. The Bertz CT molecular complexity index is 480. The Hall–Kier alpha value is -1.65. The molecule has 1 heterocycles. The second-order valence-electron chi connectivity index (χ2n) is 6.14. The van der Waals surface area contributed by atoms with Crippen molar-refractivity contribution in [2.45, 2.75) is 26.7 Å². The SMILES string of the molecule is CCN(CC)C(=O)CCN1C(=O)[C@@H]2[C@H](C1=O)[C@@H]1C=C[C@@H]2C1. The molecular formula is C16H22N2O3. The van der Waals surface area contributed by atoms with Crippen molar-refractivity contribution in [3.05, 3.63) is 12.2 Å². The highest BCUT2D eigenvalue weighted by atomic mass is 16.2. The lowest BCUT2D eigenvalue weighted by molar-refractivity contribution is -0.141. The Labute approximate surface area is 125 Å². The summed E-state index contributed by atoms with van der Waals surface area (Å²) >= 11 is 0. The maximum absolute atomic E-state index is 12.5. The fourth-order valence-electron chi connectivity index (χ4n) is 4.13. The average molecular weight is 290 g/mol. The van der Waals surface area contributed by atoms with E-state index in [2.05, 4.69) is 12.2 Å². The van der Waals surface area contributed by atoms with E-state index in [0.29, 0.717) is 13.1 Å². The lowest BCUT2D eigenvalue weighted by Crippen LogP contribution is -2.38. The number of carbonyl (C=O) groups is 3. The molecule has 21 heavy (non-hydrogen) atoms. The van der Waals surface area contributed by atoms with E-state index in [4.69, 9.17) is 0 Å². The molecule has 5 nitrogen and oxygen atoms in total. The predicted octanol–water partition coefficient (Wildman–Crippen LogP) is 1.05. The van der Waals surface area contributed by atoms with Gasteiger partial charge < -0.3 is 4.90 Å². The first kappa shape index (κ1) is 14.3. The first-order valence-electron chi connectivity index (χ1n) is 7.89. The van der Waals surface area contributed by atoms with Crippen molar-refractivity contribution in [3.63, 3.8) is 0 Å². The van der Waals surface area contributed by atoms with Crippen molar-refractivity contribution >= 4 is 17.7 Å². The van der Waals surface area contributed by atoms with Gasteiger partial charge >= 0.3 is 0 Å². The van der Waals surface area contributed by atoms with Gasteiger partial charge in [-0.25, -0.2) is 0 Å². The molecule has 2 bridgehead atoms. The molecule has 114 valence electrons. The maximum Gasteiger partial charge on any atom is 0.233 e. The van der Waals surface area contributed by atoms with Crippen molar-refractivity contribution in [1.29, 1.82) is 0 Å². The van der Waals surface area contributed by atoms with E-state index in [1.165, 1.54) is 4.90 Å². The molecule has 5 heteroatoms. The number of hydrogen-bond acceptors (Lipinski definition) is 3. The number of fused-ring (bicyclic) bond motifs is 5. The highest BCUT2D eigenvalue weighted by Crippen LogP contribution is 2.52. The van der Waals surface area contributed by atoms with Crippen molar-refractivity contribution in [3.8, 4) is 0 Å². The second-order valence-corrected chi connectivity index (χ2v) is 6.14. The zero-order valence-corrected chi connectivity index (χ0v) is 12.6. The van der Waals surface area contributed by atoms with Gasteiger partial charge in [-0.1, -0.05) is 12.2 Å². The van der Waals surface area contributed by atoms with Crippen LogP contribution in [0.25, 0.3) is 0 Å². The summed E-state index contributed by atoms with van der Waals surface area (Å²) in [5.74, 6) is 0.0501. The van der Waals surface area contributed by atoms with Gasteiger partial charge in [0, 0.05) is 26.1 Å². The van der Waals surface area contributed by atoms with Crippen LogP contribution < -0.4 is 0 Å². The topological polar surface area (TPSA) is 57.7 Å². The fourth-order valence-corrected chi connectivity index (χ4v) is 4.13. The largest absolute Gasteiger partial charge is 0.343 e. The molecule has 1 saturated carbocycles. The molecule has 4 atom stereocenters. The van der Waals surface area contributed by atoms with Crippen LogP contribution >= 0.6 is 0 Å². The number of nitrogens with zero attached hydrogens (tertiary/aromatic N) is 2. The van der Waals surface area contributed by atoms with E-state index in [1.807, 2.05) is 13.8 Å². The first-order chi connectivity index (χ1) is 10.1. The van der Waals surface area contributed by atoms with E-state index in [0.717, 1.165) is 6.42 Å². The van der Waals surface area contributed by atoms with Crippen molar-refractivity contribution < 1.29 is 14.4 Å². The summed E-state index contributed by atoms with van der Waals surface area (Å²) in [5, 5.41) is 0. The van der Waals surface area contributed by atoms with Crippen LogP contribution in [0.5, 0.6) is 0 Å². The van der Waals surface area contributed by atoms with Crippen molar-refractivity contribution in [2.24, 2.45) is 23.7 Å². The molecule has 2 fully saturated rings. The molecule has 0 spiro atoms. The maximum atomic E-state index is 12.5. The van der Waals surface area contributed by atoms with E-state index in [9.17, 15) is 14.4 Å². The minimum Gasteiger partial charge on any atom is -0.343 e. The number of amides is 3. The Kier molecular flexibility index (Phi) is 3.59. The molecule has 0 aromatic rings. The van der Waals surface area contributed by atoms with Crippen LogP contribution in [0.3, 0.4) is 0 Å². The van der Waals surface area contributed by atoms with Gasteiger partial charge in [0.15, 0.2) is 0 Å². The van der Waals surface area contributed by atoms with E-state index < -0.39 is 0 Å². The number of allylic oxidation sites excluding steroid dienone is 2. The summed E-state index contributed by atoms with van der Waals surface area (Å²) in [6, 6.07) is 0. The molecule has 1 aliphatic heterocycles. The summed E-state index contributed by atoms with van der Waals surface area (Å²) in [6.45, 7) is 5.43. The summed E-state index contributed by atoms with van der Waals surface area (Å²) in [4.78, 5) is 40.0. The monoisotopic (exact) mass is 290 g/mol. The molecule has 3 aliphatic rings. The first-order valence-corrected chi connectivity index (χ1v) is 7.89. The highest BCUT2D eigenvalue weighted by Gasteiger charge is 2.59. The minimum absolute atomic E-state index is 0.0127. The third-order valence-electron chi connectivity index (χ3n) is 5.23. The number of hydrogen-bond donors (Lipinski definition) is 0. The second kappa shape index (κ2) is 5.28. The minimum atomic E-state index is -0.156. The molecule has 3 rings (SSSR count). The third-order valence-corrected chi connectivity index (χ3v) is 5.23. The molecule has 0 unspecified atom stereocenters. The number of carbonyl (C=O) groups excluding carboxylic acids is 3. The van der Waals surface area contributed by atoms with Crippen LogP contribution in [0.1, 0.15) is 26.7 Å². The van der Waals surface area contributed by atoms with Gasteiger partial charge in [0.2, 0.25) is 17.7 Å². The summed E-state index contributed by atoms with van der Waals surface area (Å²) in [6.07, 6.45) is 5.35. The summed E-state index contributed by atoms with van der Waals surface area (Å²) < 4.78 is 0. The van der Waals surface area contributed by atoms with Gasteiger partial charge in [-0.2, -0.15) is 0 Å². The lowest BCUT2D eigenvalue weighted by Gasteiger charge is -2.21. The van der Waals surface area contributed by atoms with Crippen LogP contribution in [0, 0.1) is 23.7 Å². The van der Waals surface area contributed by atoms with Crippen LogP contribution in [-0.4, -0.2) is 47.2 Å². The van der Waals surface area contributed by atoms with Gasteiger partial charge in [-0.3, -0.25) is 19.3 Å². The molecule has 0 aromatic carbocycles. The van der Waals surface area contributed by atoms with Gasteiger partial charge in [0.1, 0.15) is 0 Å². The molecule has 0 radical (unpaired) electrons. The number of likely N-dealkylation sites (tertiary alicyclic amines) is 1. The van der Waals surface area contributed by atoms with E-state index in [-0.39, 0.29) is 54.4 Å². The molecule has 1 saturated heterocycles. The number of imide groups is 1. The van der Waals surface area contributed by atoms with Gasteiger partial charge in [0.05, 0.1) is 11.8 Å². The third kappa shape index (κ3) is 2.10. The molecule has 0 aromatic heterocycles. The summed E-state index contributed by atoms with van der Waals surface area (Å²) in [7, 11) is 0. The Balaban J connectivity index is 1.64. The van der Waals surface area contributed by atoms with Gasteiger partial charge in [0.25, 0.3) is 0 Å². The van der Waals surface area contributed by atoms with Crippen LogP contribution in [0.4, 0.5) is 0 Å². The average Bonchev–Trinajstić information content (AvgIpc) is 3.13. The van der Waals surface area contributed by atoms with E-state index >= 15 is 0 Å². The van der Waals surface area contributed by atoms with E-state index in [1.54, 1.807) is 4.90 Å². The standard InChI is InChI=1S/C16H22N2O3/c1-3-17(4-2)12(19)7-8-18-15(20)13-10-5-6-11(9-10)14(13)16(18)21/h5-6,10-11,13-14H,3-4,7-9H2,1-2H3/t10-,11-,13-,14+/m1/s1. The lowest BCUT2D eigenvalue weighted by atomic mass is 9.85. The fraction of sp³-hybridized carbons (Fsp3) is 0.688. The molecule has 3 amide bonds. The van der Waals surface area contributed by atoms with Crippen LogP contribution in [-0.2, 0) is 14.4 Å². The summed E-state index contributed by atoms with van der Waals surface area (Å²) in [5.41, 5.74) is 0. The Morgan fingerprint density at radius 3 is 2.14 bits per heavy atom. The predicted molar refractivity (Wildman–Crippen MR) is 77.0 cm³/mol. The van der Waals surface area contributed by atoms with Crippen molar-refractivity contribution in [1.82, 2.24) is 9.80 Å². The number of rotatable bonds is 5. The highest BCUT2D eigenvalue weighted by molar-refractivity contribution is 6.06. The zero-order valence-electron chi connectivity index (χ0n) is 12.6. The van der Waals surface area contributed by atoms with Gasteiger partial charge in [-0.05, 0) is 32.1 Å². The van der Waals surface area contributed by atoms with Crippen LogP contribution in [0.2, 0.25) is 0 Å². The quantitative estimate of drug-likeness (QED) is 0.562. The Morgan fingerprint density at radius 1 is 1.14 bits per heavy atom. The molecular weight excluding hydrogens is 268 g/mol. The van der Waals surface area contributed by atoms with Gasteiger partial charge in [-0.15, -0.1) is 0 Å². The molecule has 2 aliphatic carbocycles. The smallest absolute Gasteiger partial charge is 0.233 e. The normalized spacial score (nSPS) is 33.0. The van der Waals surface area contributed by atoms with Crippen molar-refractivity contribution in [2.75, 3.05) is 19.6 Å². The van der Waals surface area contributed by atoms with Crippen LogP contribution in [0.15, 0.2) is 12.2 Å². The zero-order chi connectivity index (χ0) is 15.1.